The van der Waals surface area contributed by atoms with Gasteiger partial charge in [-0.2, -0.15) is 9.97 Å². The van der Waals surface area contributed by atoms with Crippen molar-refractivity contribution in [1.29, 1.82) is 0 Å². The lowest BCUT2D eigenvalue weighted by atomic mass is 10.2. The van der Waals surface area contributed by atoms with Crippen LogP contribution in [-0.2, 0) is 4.74 Å². The van der Waals surface area contributed by atoms with Gasteiger partial charge in [0, 0.05) is 25.9 Å². The lowest BCUT2D eigenvalue weighted by Crippen LogP contribution is -2.21. The van der Waals surface area contributed by atoms with Gasteiger partial charge in [-0.05, 0) is 25.0 Å². The Morgan fingerprint density at radius 1 is 1.40 bits per heavy atom. The van der Waals surface area contributed by atoms with Gasteiger partial charge in [-0.1, -0.05) is 18.2 Å². The van der Waals surface area contributed by atoms with Gasteiger partial charge in [0.2, 0.25) is 17.6 Å². The third-order valence-corrected chi connectivity index (χ3v) is 4.05. The Morgan fingerprint density at radius 3 is 2.80 bits per heavy atom. The van der Waals surface area contributed by atoms with Gasteiger partial charge in [-0.3, -0.25) is 10.1 Å². The molecule has 2 aromatic rings. The molecule has 1 fully saturated rings. The number of benzene rings is 1. The molecule has 0 amide bonds. The van der Waals surface area contributed by atoms with E-state index in [0.29, 0.717) is 13.2 Å². The first-order valence-electron chi connectivity index (χ1n) is 8.02. The average Bonchev–Trinajstić information content (AvgIpc) is 3.12. The van der Waals surface area contributed by atoms with E-state index in [1.54, 1.807) is 11.9 Å². The molecule has 1 saturated heterocycles. The van der Waals surface area contributed by atoms with Crippen LogP contribution < -0.4 is 16.0 Å². The molecule has 132 valence electrons. The van der Waals surface area contributed by atoms with Crippen molar-refractivity contribution < 1.29 is 9.66 Å². The van der Waals surface area contributed by atoms with E-state index < -0.39 is 4.92 Å². The van der Waals surface area contributed by atoms with E-state index in [0.717, 1.165) is 18.5 Å². The van der Waals surface area contributed by atoms with Gasteiger partial charge in [0.05, 0.1) is 11.0 Å². The van der Waals surface area contributed by atoms with Crippen molar-refractivity contribution in [2.45, 2.75) is 18.9 Å². The number of aromatic nitrogens is 2. The maximum atomic E-state index is 11.4. The molecule has 9 nitrogen and oxygen atoms in total. The summed E-state index contributed by atoms with van der Waals surface area (Å²) in [6.07, 6.45) is 1.92. The zero-order valence-electron chi connectivity index (χ0n) is 13.9. The highest BCUT2D eigenvalue weighted by atomic mass is 16.6. The summed E-state index contributed by atoms with van der Waals surface area (Å²) >= 11 is 0. The van der Waals surface area contributed by atoms with Crippen molar-refractivity contribution in [2.75, 3.05) is 36.1 Å². The Labute approximate surface area is 145 Å². The Bertz CT molecular complexity index is 749. The number of nitrogens with two attached hydrogens (primary N) is 1. The predicted octanol–water partition coefficient (Wildman–Crippen LogP) is 2.33. The predicted molar refractivity (Wildman–Crippen MR) is 95.1 cm³/mol. The van der Waals surface area contributed by atoms with E-state index in [-0.39, 0.29) is 29.4 Å². The molecule has 0 unspecified atom stereocenters. The summed E-state index contributed by atoms with van der Waals surface area (Å²) in [6, 6.07) is 9.45. The van der Waals surface area contributed by atoms with Crippen LogP contribution in [-0.4, -0.2) is 41.2 Å². The maximum absolute atomic E-state index is 11.4. The first-order valence-corrected chi connectivity index (χ1v) is 8.02. The highest BCUT2D eigenvalue weighted by Crippen LogP contribution is 2.32. The average molecular weight is 344 g/mol. The zero-order chi connectivity index (χ0) is 17.8. The number of nitrogens with one attached hydrogen (secondary N) is 1. The zero-order valence-corrected chi connectivity index (χ0v) is 13.9. The molecule has 2 heterocycles. The molecule has 1 aliphatic rings. The number of rotatable bonds is 6. The minimum Gasteiger partial charge on any atom is -0.378 e. The van der Waals surface area contributed by atoms with Crippen LogP contribution in [0.15, 0.2) is 30.3 Å². The molecule has 0 spiro atoms. The molecule has 1 aromatic carbocycles. The minimum atomic E-state index is -0.570. The second kappa shape index (κ2) is 7.31. The van der Waals surface area contributed by atoms with Crippen molar-refractivity contribution in [2.24, 2.45) is 0 Å². The number of hydrogen-bond acceptors (Lipinski definition) is 8. The van der Waals surface area contributed by atoms with Crippen LogP contribution in [0.5, 0.6) is 0 Å². The van der Waals surface area contributed by atoms with Crippen LogP contribution in [0.1, 0.15) is 12.8 Å². The van der Waals surface area contributed by atoms with Gasteiger partial charge in [-0.15, -0.1) is 0 Å². The van der Waals surface area contributed by atoms with Gasteiger partial charge in [0.25, 0.3) is 0 Å². The molecular weight excluding hydrogens is 324 g/mol. The molecule has 9 heteroatoms. The molecule has 0 bridgehead atoms. The van der Waals surface area contributed by atoms with E-state index in [1.165, 1.54) is 0 Å². The maximum Gasteiger partial charge on any atom is 0.353 e. The SMILES string of the molecule is CN(c1ccccc1)c1nc(N)c([N+](=O)[O-])c(NC[C@H]2CCCO2)n1. The number of hydrogen-bond donors (Lipinski definition) is 2. The first kappa shape index (κ1) is 16.9. The first-order chi connectivity index (χ1) is 12.1. The minimum absolute atomic E-state index is 0.0195. The third-order valence-electron chi connectivity index (χ3n) is 4.05. The number of nitro groups is 1. The Morgan fingerprint density at radius 2 is 2.16 bits per heavy atom. The number of nitrogen functional groups attached to an aromatic ring is 1. The summed E-state index contributed by atoms with van der Waals surface area (Å²) in [4.78, 5) is 20.9. The summed E-state index contributed by atoms with van der Waals surface area (Å²) < 4.78 is 5.53. The van der Waals surface area contributed by atoms with Gasteiger partial charge in [0.1, 0.15) is 0 Å². The molecule has 1 aliphatic heterocycles. The fourth-order valence-corrected chi connectivity index (χ4v) is 2.70. The monoisotopic (exact) mass is 344 g/mol. The van der Waals surface area contributed by atoms with E-state index in [4.69, 9.17) is 10.5 Å². The van der Waals surface area contributed by atoms with E-state index >= 15 is 0 Å². The lowest BCUT2D eigenvalue weighted by molar-refractivity contribution is -0.383. The highest BCUT2D eigenvalue weighted by Gasteiger charge is 2.25. The standard InChI is InChI=1S/C16H20N6O3/c1-21(11-6-3-2-4-7-11)16-19-14(17)13(22(23)24)15(20-16)18-10-12-8-5-9-25-12/h2-4,6-7,12H,5,8-10H2,1H3,(H3,17,18,19,20)/t12-/m1/s1. The molecule has 0 radical (unpaired) electrons. The second-order valence-corrected chi connectivity index (χ2v) is 5.77. The molecule has 25 heavy (non-hydrogen) atoms. The van der Waals surface area contributed by atoms with E-state index in [2.05, 4.69) is 15.3 Å². The van der Waals surface area contributed by atoms with Crippen LogP contribution in [0.3, 0.4) is 0 Å². The van der Waals surface area contributed by atoms with Crippen LogP contribution in [0.4, 0.5) is 29.0 Å². The second-order valence-electron chi connectivity index (χ2n) is 5.77. The fourth-order valence-electron chi connectivity index (χ4n) is 2.70. The summed E-state index contributed by atoms with van der Waals surface area (Å²) in [6.45, 7) is 1.15. The smallest absolute Gasteiger partial charge is 0.353 e. The molecule has 0 aliphatic carbocycles. The van der Waals surface area contributed by atoms with Gasteiger partial charge < -0.3 is 20.7 Å². The molecule has 3 N–H and O–H groups in total. The summed E-state index contributed by atoms with van der Waals surface area (Å²) in [5.74, 6) is 0.211. The van der Waals surface area contributed by atoms with Gasteiger partial charge in [-0.25, -0.2) is 0 Å². The topological polar surface area (TPSA) is 119 Å². The molecule has 1 atom stereocenters. The van der Waals surface area contributed by atoms with Crippen molar-refractivity contribution in [3.63, 3.8) is 0 Å². The number of nitrogens with zero attached hydrogens (tertiary/aromatic N) is 4. The highest BCUT2D eigenvalue weighted by molar-refractivity contribution is 5.71. The van der Waals surface area contributed by atoms with Crippen LogP contribution in [0, 0.1) is 10.1 Å². The lowest BCUT2D eigenvalue weighted by Gasteiger charge is -2.19. The molecule has 0 saturated carbocycles. The largest absolute Gasteiger partial charge is 0.378 e. The Kier molecular flexibility index (Phi) is 4.94. The summed E-state index contributed by atoms with van der Waals surface area (Å²) in [5.41, 5.74) is 6.36. The van der Waals surface area contributed by atoms with Gasteiger partial charge in [0.15, 0.2) is 0 Å². The molecule has 3 rings (SSSR count). The quantitative estimate of drug-likeness (QED) is 0.605. The number of ether oxygens (including phenoxy) is 1. The Hall–Kier alpha value is -2.94. The number of anilines is 4. The van der Waals surface area contributed by atoms with Crippen molar-refractivity contribution in [3.05, 3.63) is 40.4 Å². The van der Waals surface area contributed by atoms with Crippen molar-refractivity contribution >= 4 is 29.0 Å². The van der Waals surface area contributed by atoms with Crippen LogP contribution in [0.25, 0.3) is 0 Å². The summed E-state index contributed by atoms with van der Waals surface area (Å²) in [7, 11) is 1.78. The fraction of sp³-hybridized carbons (Fsp3) is 0.375. The van der Waals surface area contributed by atoms with E-state index in [9.17, 15) is 10.1 Å². The third kappa shape index (κ3) is 3.77. The molecular formula is C16H20N6O3. The van der Waals surface area contributed by atoms with Crippen molar-refractivity contribution in [3.8, 4) is 0 Å². The van der Waals surface area contributed by atoms with Crippen LogP contribution in [0.2, 0.25) is 0 Å². The number of para-hydroxylation sites is 1. The van der Waals surface area contributed by atoms with Gasteiger partial charge >= 0.3 is 5.69 Å². The van der Waals surface area contributed by atoms with E-state index in [1.807, 2.05) is 30.3 Å². The normalized spacial score (nSPS) is 16.6. The van der Waals surface area contributed by atoms with Crippen LogP contribution >= 0.6 is 0 Å². The Balaban J connectivity index is 1.90. The molecule has 1 aromatic heterocycles. The van der Waals surface area contributed by atoms with Crippen molar-refractivity contribution in [1.82, 2.24) is 9.97 Å². The summed E-state index contributed by atoms with van der Waals surface area (Å²) in [5, 5.41) is 14.4.